The Bertz CT molecular complexity index is 1080. The number of rotatable bonds is 7. The molecule has 4 rings (SSSR count). The summed E-state index contributed by atoms with van der Waals surface area (Å²) in [4.78, 5) is 27.7. The Balaban J connectivity index is 1.33. The van der Waals surface area contributed by atoms with Gasteiger partial charge in [-0.3, -0.25) is 9.59 Å². The number of ether oxygens (including phenoxy) is 1. The van der Waals surface area contributed by atoms with Gasteiger partial charge in [0.2, 0.25) is 0 Å². The Labute approximate surface area is 194 Å². The van der Waals surface area contributed by atoms with Crippen molar-refractivity contribution in [3.8, 4) is 5.75 Å². The van der Waals surface area contributed by atoms with Crippen LogP contribution in [0.2, 0.25) is 0 Å². The predicted molar refractivity (Wildman–Crippen MR) is 130 cm³/mol. The number of benzene rings is 3. The number of likely N-dealkylation sites (tertiary alicyclic amines) is 1. The zero-order valence-corrected chi connectivity index (χ0v) is 18.8. The summed E-state index contributed by atoms with van der Waals surface area (Å²) >= 11 is 0. The molecule has 2 amide bonds. The van der Waals surface area contributed by atoms with Crippen LogP contribution in [-0.4, -0.2) is 42.5 Å². The Morgan fingerprint density at radius 2 is 1.58 bits per heavy atom. The van der Waals surface area contributed by atoms with Gasteiger partial charge in [0.15, 0.2) is 0 Å². The molecule has 1 heterocycles. The first-order valence-electron chi connectivity index (χ1n) is 11.4. The molecule has 1 aliphatic rings. The van der Waals surface area contributed by atoms with Gasteiger partial charge in [-0.2, -0.15) is 0 Å². The minimum absolute atomic E-state index is 0.0141. The Morgan fingerprint density at radius 3 is 2.27 bits per heavy atom. The number of carbonyl (C=O) groups is 2. The van der Waals surface area contributed by atoms with Crippen molar-refractivity contribution >= 4 is 23.2 Å². The maximum absolute atomic E-state index is 13.0. The Hall–Kier alpha value is -3.80. The molecule has 0 unspecified atom stereocenters. The van der Waals surface area contributed by atoms with E-state index in [1.54, 1.807) is 12.1 Å². The number of para-hydroxylation sites is 2. The van der Waals surface area contributed by atoms with Crippen LogP contribution < -0.4 is 15.4 Å². The highest BCUT2D eigenvalue weighted by Crippen LogP contribution is 2.22. The third-order valence-corrected chi connectivity index (χ3v) is 5.75. The van der Waals surface area contributed by atoms with E-state index in [4.69, 9.17) is 4.74 Å². The molecule has 170 valence electrons. The van der Waals surface area contributed by atoms with Crippen molar-refractivity contribution < 1.29 is 14.3 Å². The minimum Gasteiger partial charge on any atom is -0.494 e. The second kappa shape index (κ2) is 10.7. The molecule has 0 aliphatic carbocycles. The SMILES string of the molecule is CCOc1ccc(C(=O)N2CCC(NC(=O)c3ccccc3Nc3ccccc3)CC2)cc1. The van der Waals surface area contributed by atoms with E-state index in [0.717, 1.165) is 30.0 Å². The second-order valence-corrected chi connectivity index (χ2v) is 8.03. The molecule has 0 bridgehead atoms. The number of nitrogens with zero attached hydrogens (tertiary/aromatic N) is 1. The van der Waals surface area contributed by atoms with Crippen LogP contribution in [-0.2, 0) is 0 Å². The third kappa shape index (κ3) is 5.71. The van der Waals surface area contributed by atoms with Crippen molar-refractivity contribution in [2.24, 2.45) is 0 Å². The molecule has 0 atom stereocenters. The molecule has 0 spiro atoms. The second-order valence-electron chi connectivity index (χ2n) is 8.03. The molecule has 1 aliphatic heterocycles. The summed E-state index contributed by atoms with van der Waals surface area (Å²) < 4.78 is 5.45. The van der Waals surface area contributed by atoms with E-state index >= 15 is 0 Å². The quantitative estimate of drug-likeness (QED) is 0.547. The summed E-state index contributed by atoms with van der Waals surface area (Å²) in [5.74, 6) is 0.669. The number of hydrogen-bond acceptors (Lipinski definition) is 4. The van der Waals surface area contributed by atoms with Crippen LogP contribution in [0.15, 0.2) is 78.9 Å². The van der Waals surface area contributed by atoms with Gasteiger partial charge in [0.25, 0.3) is 11.8 Å². The van der Waals surface area contributed by atoms with Gasteiger partial charge in [-0.1, -0.05) is 30.3 Å². The normalized spacial score (nSPS) is 13.9. The van der Waals surface area contributed by atoms with E-state index in [2.05, 4.69) is 10.6 Å². The number of carbonyl (C=O) groups excluding carboxylic acids is 2. The van der Waals surface area contributed by atoms with Gasteiger partial charge in [0.05, 0.1) is 17.9 Å². The molecule has 1 saturated heterocycles. The van der Waals surface area contributed by atoms with Crippen molar-refractivity contribution in [1.29, 1.82) is 0 Å². The van der Waals surface area contributed by atoms with Crippen molar-refractivity contribution in [1.82, 2.24) is 10.2 Å². The highest BCUT2D eigenvalue weighted by Gasteiger charge is 2.25. The molecule has 33 heavy (non-hydrogen) atoms. The van der Waals surface area contributed by atoms with Crippen LogP contribution in [0, 0.1) is 0 Å². The Morgan fingerprint density at radius 1 is 0.909 bits per heavy atom. The maximum Gasteiger partial charge on any atom is 0.253 e. The fourth-order valence-electron chi connectivity index (χ4n) is 4.00. The molecule has 1 fully saturated rings. The molecule has 0 aromatic heterocycles. The number of piperidine rings is 1. The highest BCUT2D eigenvalue weighted by molar-refractivity contribution is 6.00. The molecule has 3 aromatic carbocycles. The fourth-order valence-corrected chi connectivity index (χ4v) is 4.00. The molecule has 3 aromatic rings. The molecular formula is C27H29N3O3. The van der Waals surface area contributed by atoms with Crippen LogP contribution in [0.4, 0.5) is 11.4 Å². The van der Waals surface area contributed by atoms with Crippen LogP contribution in [0.3, 0.4) is 0 Å². The monoisotopic (exact) mass is 443 g/mol. The molecule has 0 radical (unpaired) electrons. The van der Waals surface area contributed by atoms with Gasteiger partial charge in [-0.05, 0) is 68.3 Å². The van der Waals surface area contributed by atoms with Gasteiger partial charge in [0.1, 0.15) is 5.75 Å². The summed E-state index contributed by atoms with van der Waals surface area (Å²) in [5.41, 5.74) is 2.96. The number of hydrogen-bond donors (Lipinski definition) is 2. The fraction of sp³-hybridized carbons (Fsp3) is 0.259. The van der Waals surface area contributed by atoms with Crippen molar-refractivity contribution in [2.75, 3.05) is 25.0 Å². The highest BCUT2D eigenvalue weighted by atomic mass is 16.5. The lowest BCUT2D eigenvalue weighted by Gasteiger charge is -2.32. The molecule has 6 heteroatoms. The molecule has 0 saturated carbocycles. The van der Waals surface area contributed by atoms with Gasteiger partial charge in [-0.25, -0.2) is 0 Å². The van der Waals surface area contributed by atoms with Crippen LogP contribution in [0.5, 0.6) is 5.75 Å². The van der Waals surface area contributed by atoms with Gasteiger partial charge >= 0.3 is 0 Å². The van der Waals surface area contributed by atoms with Crippen molar-refractivity contribution in [2.45, 2.75) is 25.8 Å². The molecular weight excluding hydrogens is 414 g/mol. The first-order chi connectivity index (χ1) is 16.1. The topological polar surface area (TPSA) is 70.7 Å². The van der Waals surface area contributed by atoms with Gasteiger partial charge < -0.3 is 20.3 Å². The van der Waals surface area contributed by atoms with E-state index in [-0.39, 0.29) is 17.9 Å². The van der Waals surface area contributed by atoms with Crippen molar-refractivity contribution in [3.63, 3.8) is 0 Å². The standard InChI is InChI=1S/C27H29N3O3/c1-2-33-23-14-12-20(13-15-23)27(32)30-18-16-22(17-19-30)29-26(31)24-10-6-7-11-25(24)28-21-8-4-3-5-9-21/h3-15,22,28H,2,16-19H2,1H3,(H,29,31). The zero-order valence-electron chi connectivity index (χ0n) is 18.8. The first kappa shape index (κ1) is 22.4. The van der Waals surface area contributed by atoms with E-state index in [0.29, 0.717) is 30.8 Å². The summed E-state index contributed by atoms with van der Waals surface area (Å²) in [6, 6.07) is 24.6. The lowest BCUT2D eigenvalue weighted by atomic mass is 10.0. The summed E-state index contributed by atoms with van der Waals surface area (Å²) in [7, 11) is 0. The lowest BCUT2D eigenvalue weighted by Crippen LogP contribution is -2.46. The Kier molecular flexibility index (Phi) is 7.25. The maximum atomic E-state index is 13.0. The largest absolute Gasteiger partial charge is 0.494 e. The molecule has 6 nitrogen and oxygen atoms in total. The third-order valence-electron chi connectivity index (χ3n) is 5.75. The summed E-state index contributed by atoms with van der Waals surface area (Å²) in [6.45, 7) is 3.75. The smallest absolute Gasteiger partial charge is 0.253 e. The van der Waals surface area contributed by atoms with Crippen molar-refractivity contribution in [3.05, 3.63) is 90.0 Å². The predicted octanol–water partition coefficient (Wildman–Crippen LogP) is 4.86. The minimum atomic E-state index is -0.106. The van der Waals surface area contributed by atoms with E-state index < -0.39 is 0 Å². The van der Waals surface area contributed by atoms with Crippen LogP contribution in [0.25, 0.3) is 0 Å². The summed E-state index contributed by atoms with van der Waals surface area (Å²) in [6.07, 6.45) is 1.45. The first-order valence-corrected chi connectivity index (χ1v) is 11.4. The number of nitrogens with one attached hydrogen (secondary N) is 2. The zero-order chi connectivity index (χ0) is 23.0. The van der Waals surface area contributed by atoms with E-state index in [1.807, 2.05) is 78.6 Å². The van der Waals surface area contributed by atoms with E-state index in [1.165, 1.54) is 0 Å². The average molecular weight is 444 g/mol. The van der Waals surface area contributed by atoms with Gasteiger partial charge in [0, 0.05) is 30.4 Å². The number of anilines is 2. The van der Waals surface area contributed by atoms with Gasteiger partial charge in [-0.15, -0.1) is 0 Å². The van der Waals surface area contributed by atoms with E-state index in [9.17, 15) is 9.59 Å². The average Bonchev–Trinajstić information content (AvgIpc) is 2.86. The van der Waals surface area contributed by atoms with Crippen LogP contribution in [0.1, 0.15) is 40.5 Å². The molecule has 2 N–H and O–H groups in total. The lowest BCUT2D eigenvalue weighted by molar-refractivity contribution is 0.0698. The summed E-state index contributed by atoms with van der Waals surface area (Å²) in [5, 5.41) is 6.47. The van der Waals surface area contributed by atoms with Crippen LogP contribution >= 0.6 is 0 Å². The number of amides is 2.